The van der Waals surface area contributed by atoms with Gasteiger partial charge in [-0.15, -0.1) is 10.2 Å². The Morgan fingerprint density at radius 3 is 2.26 bits per heavy atom. The van der Waals surface area contributed by atoms with Gasteiger partial charge in [-0.3, -0.25) is 0 Å². The van der Waals surface area contributed by atoms with Crippen LogP contribution in [0.5, 0.6) is 0 Å². The van der Waals surface area contributed by atoms with E-state index < -0.39 is 0 Å². The number of likely N-dealkylation sites (tertiary alicyclic amines) is 1. The molecule has 0 unspecified atom stereocenters. The summed E-state index contributed by atoms with van der Waals surface area (Å²) in [6, 6.07) is 0.0184. The summed E-state index contributed by atoms with van der Waals surface area (Å²) in [7, 11) is 0. The molecule has 1 aromatic rings. The summed E-state index contributed by atoms with van der Waals surface area (Å²) in [5.74, 6) is 0.698. The van der Waals surface area contributed by atoms with E-state index in [0.717, 1.165) is 35.9 Å². The Bertz CT molecular complexity index is 534. The molecule has 5 nitrogen and oxygen atoms in total. The summed E-state index contributed by atoms with van der Waals surface area (Å²) in [6.45, 7) is 15.4. The Balaban J connectivity index is 1.81. The predicted molar refractivity (Wildman–Crippen MR) is 94.6 cm³/mol. The first-order valence-electron chi connectivity index (χ1n) is 8.43. The van der Waals surface area contributed by atoms with Crippen LogP contribution < -0.4 is 5.32 Å². The van der Waals surface area contributed by atoms with Crippen LogP contribution >= 0.6 is 11.3 Å². The second-order valence-electron chi connectivity index (χ2n) is 8.54. The van der Waals surface area contributed by atoms with Crippen molar-refractivity contribution in [1.29, 1.82) is 0 Å². The van der Waals surface area contributed by atoms with Gasteiger partial charge < -0.3 is 10.2 Å². The minimum Gasteiger partial charge on any atom is -0.331 e. The lowest BCUT2D eigenvalue weighted by Crippen LogP contribution is -2.45. The smallest absolute Gasteiger partial charge is 0.317 e. The van der Waals surface area contributed by atoms with E-state index in [1.165, 1.54) is 0 Å². The van der Waals surface area contributed by atoms with Crippen molar-refractivity contribution in [2.24, 2.45) is 11.3 Å². The van der Waals surface area contributed by atoms with Crippen LogP contribution in [0.15, 0.2) is 0 Å². The van der Waals surface area contributed by atoms with E-state index in [1.807, 2.05) is 4.90 Å². The average Bonchev–Trinajstić information content (AvgIpc) is 2.93. The topological polar surface area (TPSA) is 58.1 Å². The number of carbonyl (C=O) groups is 1. The Morgan fingerprint density at radius 1 is 1.17 bits per heavy atom. The molecule has 1 aliphatic rings. The maximum atomic E-state index is 12.3. The molecule has 0 aliphatic carbocycles. The van der Waals surface area contributed by atoms with Gasteiger partial charge in [-0.25, -0.2) is 4.79 Å². The number of aromatic nitrogens is 2. The van der Waals surface area contributed by atoms with Crippen LogP contribution in [0.1, 0.15) is 64.4 Å². The van der Waals surface area contributed by atoms with E-state index in [2.05, 4.69) is 57.1 Å². The number of urea groups is 1. The zero-order valence-corrected chi connectivity index (χ0v) is 16.1. The van der Waals surface area contributed by atoms with Crippen LogP contribution in [-0.2, 0) is 12.0 Å². The van der Waals surface area contributed by atoms with Crippen LogP contribution in [0, 0.1) is 11.3 Å². The molecule has 1 aliphatic heterocycles. The molecule has 23 heavy (non-hydrogen) atoms. The van der Waals surface area contributed by atoms with E-state index in [1.54, 1.807) is 11.3 Å². The number of hydrogen-bond acceptors (Lipinski definition) is 4. The van der Waals surface area contributed by atoms with Crippen molar-refractivity contribution in [2.75, 3.05) is 13.1 Å². The molecule has 0 radical (unpaired) electrons. The number of piperidine rings is 1. The second-order valence-corrected chi connectivity index (χ2v) is 9.60. The molecule has 1 N–H and O–H groups in total. The number of amides is 2. The van der Waals surface area contributed by atoms with E-state index >= 15 is 0 Å². The molecule has 0 aromatic carbocycles. The van der Waals surface area contributed by atoms with Gasteiger partial charge in [0.1, 0.15) is 10.0 Å². The lowest BCUT2D eigenvalue weighted by Gasteiger charge is -2.38. The van der Waals surface area contributed by atoms with Crippen LogP contribution in [0.3, 0.4) is 0 Å². The lowest BCUT2D eigenvalue weighted by molar-refractivity contribution is 0.122. The van der Waals surface area contributed by atoms with Gasteiger partial charge in [0, 0.05) is 18.5 Å². The molecular weight excluding hydrogens is 308 g/mol. The van der Waals surface area contributed by atoms with Gasteiger partial charge in [-0.1, -0.05) is 52.9 Å². The van der Waals surface area contributed by atoms with Crippen molar-refractivity contribution >= 4 is 17.4 Å². The lowest BCUT2D eigenvalue weighted by atomic mass is 9.75. The molecule has 1 saturated heterocycles. The maximum Gasteiger partial charge on any atom is 0.317 e. The van der Waals surface area contributed by atoms with Crippen LogP contribution in [-0.4, -0.2) is 34.2 Å². The van der Waals surface area contributed by atoms with E-state index in [4.69, 9.17) is 0 Å². The molecule has 0 atom stereocenters. The molecule has 2 rings (SSSR count). The van der Waals surface area contributed by atoms with Crippen LogP contribution in [0.25, 0.3) is 0 Å². The van der Waals surface area contributed by atoms with Gasteiger partial charge in [0.25, 0.3) is 0 Å². The minimum absolute atomic E-state index is 0.00869. The SMILES string of the molecule is CC(C)(C)c1nnc(CNC(=O)N2CCC(C(C)(C)C)CC2)s1. The zero-order valence-electron chi connectivity index (χ0n) is 15.3. The van der Waals surface area contributed by atoms with Gasteiger partial charge in [-0.05, 0) is 24.2 Å². The molecule has 0 spiro atoms. The third-order valence-corrected chi connectivity index (χ3v) is 5.86. The molecule has 1 aromatic heterocycles. The summed E-state index contributed by atoms with van der Waals surface area (Å²) in [5.41, 5.74) is 0.341. The Labute approximate surface area is 143 Å². The molecule has 2 heterocycles. The fourth-order valence-electron chi connectivity index (χ4n) is 2.84. The molecular formula is C17H30N4OS. The van der Waals surface area contributed by atoms with Gasteiger partial charge in [0.15, 0.2) is 0 Å². The first kappa shape index (κ1) is 18.2. The van der Waals surface area contributed by atoms with Gasteiger partial charge in [-0.2, -0.15) is 0 Å². The van der Waals surface area contributed by atoms with Crippen molar-refractivity contribution in [3.63, 3.8) is 0 Å². The number of carbonyl (C=O) groups excluding carboxylic acids is 1. The molecule has 0 bridgehead atoms. The summed E-state index contributed by atoms with van der Waals surface area (Å²) < 4.78 is 0. The number of nitrogens with zero attached hydrogens (tertiary/aromatic N) is 3. The summed E-state index contributed by atoms with van der Waals surface area (Å²) in [6.07, 6.45) is 2.17. The minimum atomic E-state index is 0.00869. The fourth-order valence-corrected chi connectivity index (χ4v) is 3.68. The van der Waals surface area contributed by atoms with E-state index in [0.29, 0.717) is 17.9 Å². The van der Waals surface area contributed by atoms with Gasteiger partial charge in [0.2, 0.25) is 0 Å². The van der Waals surface area contributed by atoms with Crippen molar-refractivity contribution in [1.82, 2.24) is 20.4 Å². The van der Waals surface area contributed by atoms with Crippen molar-refractivity contribution < 1.29 is 4.79 Å². The number of rotatable bonds is 2. The highest BCUT2D eigenvalue weighted by molar-refractivity contribution is 7.11. The van der Waals surface area contributed by atoms with E-state index in [9.17, 15) is 4.79 Å². The average molecular weight is 339 g/mol. The summed E-state index contributed by atoms with van der Waals surface area (Å²) in [5, 5.41) is 13.3. The Hall–Kier alpha value is -1.17. The molecule has 2 amide bonds. The van der Waals surface area contributed by atoms with Gasteiger partial charge >= 0.3 is 6.03 Å². The molecule has 0 saturated carbocycles. The first-order chi connectivity index (χ1) is 10.6. The zero-order chi connectivity index (χ0) is 17.3. The van der Waals surface area contributed by atoms with Crippen molar-refractivity contribution in [2.45, 2.75) is 66.3 Å². The second kappa shape index (κ2) is 6.75. The third kappa shape index (κ3) is 4.90. The predicted octanol–water partition coefficient (Wildman–Crippen LogP) is 3.80. The van der Waals surface area contributed by atoms with Crippen LogP contribution in [0.4, 0.5) is 4.79 Å². The Kier molecular flexibility index (Phi) is 5.33. The fraction of sp³-hybridized carbons (Fsp3) is 0.824. The van der Waals surface area contributed by atoms with Gasteiger partial charge in [0.05, 0.1) is 6.54 Å². The van der Waals surface area contributed by atoms with Crippen molar-refractivity contribution in [3.8, 4) is 0 Å². The summed E-state index contributed by atoms with van der Waals surface area (Å²) >= 11 is 1.58. The largest absolute Gasteiger partial charge is 0.331 e. The third-order valence-electron chi connectivity index (χ3n) is 4.51. The first-order valence-corrected chi connectivity index (χ1v) is 9.24. The van der Waals surface area contributed by atoms with Crippen molar-refractivity contribution in [3.05, 3.63) is 10.0 Å². The highest BCUT2D eigenvalue weighted by Crippen LogP contribution is 2.34. The molecule has 1 fully saturated rings. The molecule has 130 valence electrons. The molecule has 6 heteroatoms. The van der Waals surface area contributed by atoms with Crippen LogP contribution in [0.2, 0.25) is 0 Å². The number of hydrogen-bond donors (Lipinski definition) is 1. The van der Waals surface area contributed by atoms with E-state index in [-0.39, 0.29) is 11.4 Å². The summed E-state index contributed by atoms with van der Waals surface area (Å²) in [4.78, 5) is 14.2. The normalized spacial score (nSPS) is 17.4. The highest BCUT2D eigenvalue weighted by atomic mass is 32.1. The number of nitrogens with one attached hydrogen (secondary N) is 1. The maximum absolute atomic E-state index is 12.3. The highest BCUT2D eigenvalue weighted by Gasteiger charge is 2.30. The monoisotopic (exact) mass is 338 g/mol. The Morgan fingerprint density at radius 2 is 1.78 bits per heavy atom. The standard InChI is InChI=1S/C17H30N4OS/c1-16(2,3)12-7-9-21(10-8-12)15(22)18-11-13-19-20-14(23-13)17(4,5)6/h12H,7-11H2,1-6H3,(H,18,22). The quantitative estimate of drug-likeness (QED) is 0.892.